The molecule has 1 aromatic heterocycles. The zero-order valence-corrected chi connectivity index (χ0v) is 12.6. The van der Waals surface area contributed by atoms with Gasteiger partial charge in [0.2, 0.25) is 0 Å². The average Bonchev–Trinajstić information content (AvgIpc) is 2.77. The molecular formula is C13H16BrN2OS-. The molecule has 0 spiro atoms. The molecule has 0 unspecified atom stereocenters. The summed E-state index contributed by atoms with van der Waals surface area (Å²) in [6.07, 6.45) is 2.24. The van der Waals surface area contributed by atoms with Crippen molar-refractivity contribution in [3.8, 4) is 17.0 Å². The molecule has 0 saturated heterocycles. The van der Waals surface area contributed by atoms with Gasteiger partial charge in [0.05, 0.1) is 12.3 Å². The molecule has 1 aromatic carbocycles. The van der Waals surface area contributed by atoms with Gasteiger partial charge in [-0.2, -0.15) is 0 Å². The molecule has 5 heteroatoms. The highest BCUT2D eigenvalue weighted by Gasteiger charge is 2.02. The van der Waals surface area contributed by atoms with Gasteiger partial charge >= 0.3 is 0 Å². The molecule has 2 aromatic rings. The smallest absolute Gasteiger partial charge is 0.180 e. The van der Waals surface area contributed by atoms with E-state index in [4.69, 9.17) is 10.5 Å². The molecule has 0 fully saturated rings. The van der Waals surface area contributed by atoms with Gasteiger partial charge in [-0.15, -0.1) is 11.3 Å². The van der Waals surface area contributed by atoms with E-state index < -0.39 is 0 Å². The number of unbranched alkanes of at least 4 members (excludes halogenated alkanes) is 1. The molecule has 2 N–H and O–H groups in total. The third kappa shape index (κ3) is 3.99. The van der Waals surface area contributed by atoms with E-state index in [1.165, 1.54) is 11.3 Å². The second-order valence-electron chi connectivity index (χ2n) is 3.80. The summed E-state index contributed by atoms with van der Waals surface area (Å²) in [5, 5.41) is 2.56. The van der Waals surface area contributed by atoms with E-state index in [0.717, 1.165) is 36.5 Å². The zero-order chi connectivity index (χ0) is 12.1. The van der Waals surface area contributed by atoms with Crippen LogP contribution in [0, 0.1) is 0 Å². The van der Waals surface area contributed by atoms with Gasteiger partial charge in [-0.25, -0.2) is 4.98 Å². The number of halogens is 1. The highest BCUT2D eigenvalue weighted by atomic mass is 79.9. The molecule has 0 bridgehead atoms. The lowest BCUT2D eigenvalue weighted by Crippen LogP contribution is -3.00. The second-order valence-corrected chi connectivity index (χ2v) is 4.69. The van der Waals surface area contributed by atoms with Crippen LogP contribution >= 0.6 is 11.3 Å². The largest absolute Gasteiger partial charge is 1.00 e. The van der Waals surface area contributed by atoms with Crippen molar-refractivity contribution in [2.45, 2.75) is 19.8 Å². The summed E-state index contributed by atoms with van der Waals surface area (Å²) in [6.45, 7) is 2.93. The predicted molar refractivity (Wildman–Crippen MR) is 72.4 cm³/mol. The van der Waals surface area contributed by atoms with E-state index in [1.54, 1.807) is 0 Å². The van der Waals surface area contributed by atoms with Gasteiger partial charge in [0.25, 0.3) is 0 Å². The van der Waals surface area contributed by atoms with Crippen LogP contribution in [0.4, 0.5) is 5.13 Å². The van der Waals surface area contributed by atoms with Crippen molar-refractivity contribution in [1.82, 2.24) is 4.98 Å². The Kier molecular flexibility index (Phi) is 6.15. The van der Waals surface area contributed by atoms with Crippen molar-refractivity contribution in [2.75, 3.05) is 12.3 Å². The SMILES string of the molecule is CCCCOc1ccc(-c2csc(N)n2)cc1.[Br-]. The van der Waals surface area contributed by atoms with Crippen molar-refractivity contribution < 1.29 is 21.7 Å². The molecule has 0 atom stereocenters. The van der Waals surface area contributed by atoms with E-state index in [0.29, 0.717) is 5.13 Å². The highest BCUT2D eigenvalue weighted by Crippen LogP contribution is 2.24. The maximum atomic E-state index is 5.61. The van der Waals surface area contributed by atoms with Crippen molar-refractivity contribution >= 4 is 16.5 Å². The zero-order valence-electron chi connectivity index (χ0n) is 10.2. The van der Waals surface area contributed by atoms with Crippen LogP contribution in [-0.2, 0) is 0 Å². The van der Waals surface area contributed by atoms with Gasteiger partial charge in [-0.05, 0) is 30.7 Å². The van der Waals surface area contributed by atoms with E-state index in [-0.39, 0.29) is 17.0 Å². The lowest BCUT2D eigenvalue weighted by atomic mass is 10.2. The third-order valence-corrected chi connectivity index (χ3v) is 3.11. The minimum absolute atomic E-state index is 0. The Hall–Kier alpha value is -1.07. The number of nitrogens with zero attached hydrogens (tertiary/aromatic N) is 1. The van der Waals surface area contributed by atoms with Gasteiger partial charge in [-0.1, -0.05) is 13.3 Å². The van der Waals surface area contributed by atoms with E-state index in [9.17, 15) is 0 Å². The number of nitrogens with two attached hydrogens (primary N) is 1. The molecule has 0 saturated carbocycles. The number of rotatable bonds is 5. The highest BCUT2D eigenvalue weighted by molar-refractivity contribution is 7.13. The van der Waals surface area contributed by atoms with Crippen LogP contribution < -0.4 is 27.5 Å². The summed E-state index contributed by atoms with van der Waals surface area (Å²) >= 11 is 1.46. The first kappa shape index (κ1) is 15.0. The van der Waals surface area contributed by atoms with E-state index in [1.807, 2.05) is 29.6 Å². The van der Waals surface area contributed by atoms with Crippen LogP contribution in [0.5, 0.6) is 5.75 Å². The number of nitrogen functional groups attached to an aromatic ring is 1. The molecule has 1 heterocycles. The van der Waals surface area contributed by atoms with Gasteiger partial charge in [0.15, 0.2) is 5.13 Å². The van der Waals surface area contributed by atoms with Crippen LogP contribution in [0.1, 0.15) is 19.8 Å². The van der Waals surface area contributed by atoms with Crippen LogP contribution in [0.15, 0.2) is 29.6 Å². The average molecular weight is 328 g/mol. The van der Waals surface area contributed by atoms with Crippen molar-refractivity contribution in [2.24, 2.45) is 0 Å². The summed E-state index contributed by atoms with van der Waals surface area (Å²) in [7, 11) is 0. The Balaban J connectivity index is 0.00000162. The molecule has 0 amide bonds. The van der Waals surface area contributed by atoms with E-state index in [2.05, 4.69) is 11.9 Å². The van der Waals surface area contributed by atoms with Gasteiger partial charge in [-0.3, -0.25) is 0 Å². The van der Waals surface area contributed by atoms with Gasteiger partial charge in [0, 0.05) is 10.9 Å². The van der Waals surface area contributed by atoms with Crippen LogP contribution in [0.25, 0.3) is 11.3 Å². The maximum Gasteiger partial charge on any atom is 0.180 e. The number of anilines is 1. The lowest BCUT2D eigenvalue weighted by Gasteiger charge is -2.05. The van der Waals surface area contributed by atoms with Crippen LogP contribution in [0.3, 0.4) is 0 Å². The molecule has 0 radical (unpaired) electrons. The molecule has 3 nitrogen and oxygen atoms in total. The minimum atomic E-state index is 0. The fourth-order valence-corrected chi connectivity index (χ4v) is 2.05. The molecule has 0 aliphatic heterocycles. The van der Waals surface area contributed by atoms with E-state index >= 15 is 0 Å². The first-order chi connectivity index (χ1) is 8.29. The molecule has 18 heavy (non-hydrogen) atoms. The summed E-state index contributed by atoms with van der Waals surface area (Å²) in [4.78, 5) is 4.24. The van der Waals surface area contributed by atoms with Crippen molar-refractivity contribution in [1.29, 1.82) is 0 Å². The Labute approximate surface area is 122 Å². The Morgan fingerprint density at radius 2 is 2.00 bits per heavy atom. The third-order valence-electron chi connectivity index (χ3n) is 2.44. The fraction of sp³-hybridized carbons (Fsp3) is 0.308. The number of benzene rings is 1. The van der Waals surface area contributed by atoms with Crippen LogP contribution in [-0.4, -0.2) is 11.6 Å². The summed E-state index contributed by atoms with van der Waals surface area (Å²) in [5.74, 6) is 0.908. The number of hydrogen-bond donors (Lipinski definition) is 1. The normalized spacial score (nSPS) is 9.83. The monoisotopic (exact) mass is 327 g/mol. The maximum absolute atomic E-state index is 5.61. The lowest BCUT2D eigenvalue weighted by molar-refractivity contribution is -0.00000404. The molecule has 98 valence electrons. The van der Waals surface area contributed by atoms with Gasteiger partial charge < -0.3 is 27.5 Å². The van der Waals surface area contributed by atoms with Gasteiger partial charge in [0.1, 0.15) is 5.75 Å². The first-order valence-corrected chi connectivity index (χ1v) is 6.62. The number of ether oxygens (including phenoxy) is 1. The molecule has 0 aliphatic rings. The summed E-state index contributed by atoms with van der Waals surface area (Å²) in [5.41, 5.74) is 7.60. The minimum Gasteiger partial charge on any atom is -1.00 e. The second kappa shape index (κ2) is 7.38. The Bertz CT molecular complexity index is 470. The van der Waals surface area contributed by atoms with Crippen LogP contribution in [0.2, 0.25) is 0 Å². The van der Waals surface area contributed by atoms with Crippen molar-refractivity contribution in [3.05, 3.63) is 29.6 Å². The summed E-state index contributed by atoms with van der Waals surface area (Å²) < 4.78 is 5.60. The predicted octanol–water partition coefficient (Wildman–Crippen LogP) is 0.575. The molecular weight excluding hydrogens is 312 g/mol. The topological polar surface area (TPSA) is 48.1 Å². The Morgan fingerprint density at radius 3 is 2.56 bits per heavy atom. The standard InChI is InChI=1S/C13H16N2OS.BrH/c1-2-3-8-16-11-6-4-10(5-7-11)12-9-17-13(14)15-12;/h4-7,9H,2-3,8H2,1H3,(H2,14,15);1H/p-1. The quantitative estimate of drug-likeness (QED) is 0.817. The number of hydrogen-bond acceptors (Lipinski definition) is 4. The fourth-order valence-electron chi connectivity index (χ4n) is 1.48. The molecule has 0 aliphatic carbocycles. The van der Waals surface area contributed by atoms with Crippen molar-refractivity contribution in [3.63, 3.8) is 0 Å². The number of aromatic nitrogens is 1. The molecule has 2 rings (SSSR count). The first-order valence-electron chi connectivity index (χ1n) is 5.74. The Morgan fingerprint density at radius 1 is 1.28 bits per heavy atom. The summed E-state index contributed by atoms with van der Waals surface area (Å²) in [6, 6.07) is 7.96. The number of thiazole rings is 1.